The standard InChI is InChI=1S/C12H26N2/c1-4-7-13-8-9-14-11-5-6-12(2,3)10-11/h11,13-14H,4-10H2,1-3H3. The lowest BCUT2D eigenvalue weighted by Gasteiger charge is -2.17. The van der Waals surface area contributed by atoms with Crippen LogP contribution in [0.4, 0.5) is 0 Å². The van der Waals surface area contributed by atoms with Crippen LogP contribution < -0.4 is 10.6 Å². The molecule has 1 fully saturated rings. The Kier molecular flexibility index (Phi) is 4.90. The molecule has 1 atom stereocenters. The molecule has 0 saturated heterocycles. The Balaban J connectivity index is 1.98. The summed E-state index contributed by atoms with van der Waals surface area (Å²) in [5.74, 6) is 0. The molecule has 0 aromatic carbocycles. The maximum atomic E-state index is 3.63. The summed E-state index contributed by atoms with van der Waals surface area (Å²) in [5, 5.41) is 7.05. The lowest BCUT2D eigenvalue weighted by atomic mass is 9.92. The van der Waals surface area contributed by atoms with Crippen LogP contribution in [-0.2, 0) is 0 Å². The van der Waals surface area contributed by atoms with Crippen molar-refractivity contribution in [2.45, 2.75) is 52.5 Å². The summed E-state index contributed by atoms with van der Waals surface area (Å²) in [7, 11) is 0. The van der Waals surface area contributed by atoms with Gasteiger partial charge in [0, 0.05) is 19.1 Å². The minimum Gasteiger partial charge on any atom is -0.315 e. The molecule has 1 rings (SSSR count). The first-order valence-corrected chi connectivity index (χ1v) is 6.08. The highest BCUT2D eigenvalue weighted by Gasteiger charge is 2.30. The van der Waals surface area contributed by atoms with Gasteiger partial charge in [-0.1, -0.05) is 20.8 Å². The summed E-state index contributed by atoms with van der Waals surface area (Å²) in [6.07, 6.45) is 5.32. The second kappa shape index (κ2) is 5.72. The quantitative estimate of drug-likeness (QED) is 0.639. The third-order valence-electron chi connectivity index (χ3n) is 3.13. The van der Waals surface area contributed by atoms with E-state index in [2.05, 4.69) is 31.4 Å². The van der Waals surface area contributed by atoms with Gasteiger partial charge >= 0.3 is 0 Å². The number of nitrogens with one attached hydrogen (secondary N) is 2. The molecular formula is C12H26N2. The second-order valence-electron chi connectivity index (χ2n) is 5.31. The van der Waals surface area contributed by atoms with Gasteiger partial charge in [0.1, 0.15) is 0 Å². The van der Waals surface area contributed by atoms with Crippen LogP contribution in [0.15, 0.2) is 0 Å². The maximum Gasteiger partial charge on any atom is 0.00793 e. The first kappa shape index (κ1) is 12.0. The fourth-order valence-electron chi connectivity index (χ4n) is 2.28. The van der Waals surface area contributed by atoms with E-state index in [1.807, 2.05) is 0 Å². The van der Waals surface area contributed by atoms with Crippen molar-refractivity contribution in [2.24, 2.45) is 5.41 Å². The summed E-state index contributed by atoms with van der Waals surface area (Å²) in [6, 6.07) is 0.772. The number of hydrogen-bond acceptors (Lipinski definition) is 2. The molecule has 0 spiro atoms. The third kappa shape index (κ3) is 4.43. The molecule has 0 aliphatic heterocycles. The van der Waals surface area contributed by atoms with Crippen LogP contribution in [0.3, 0.4) is 0 Å². The molecule has 84 valence electrons. The fourth-order valence-corrected chi connectivity index (χ4v) is 2.28. The van der Waals surface area contributed by atoms with Crippen LogP contribution in [0.25, 0.3) is 0 Å². The van der Waals surface area contributed by atoms with Crippen LogP contribution >= 0.6 is 0 Å². The lowest BCUT2D eigenvalue weighted by Crippen LogP contribution is -2.34. The van der Waals surface area contributed by atoms with Crippen molar-refractivity contribution in [3.63, 3.8) is 0 Å². The van der Waals surface area contributed by atoms with Gasteiger partial charge in [-0.2, -0.15) is 0 Å². The zero-order valence-corrected chi connectivity index (χ0v) is 10.0. The van der Waals surface area contributed by atoms with Crippen molar-refractivity contribution >= 4 is 0 Å². The van der Waals surface area contributed by atoms with Crippen molar-refractivity contribution in [1.29, 1.82) is 0 Å². The highest BCUT2D eigenvalue weighted by atomic mass is 15.0. The van der Waals surface area contributed by atoms with Crippen molar-refractivity contribution in [1.82, 2.24) is 10.6 Å². The smallest absolute Gasteiger partial charge is 0.00793 e. The lowest BCUT2D eigenvalue weighted by molar-refractivity contribution is 0.364. The van der Waals surface area contributed by atoms with Gasteiger partial charge in [-0.3, -0.25) is 0 Å². The third-order valence-corrected chi connectivity index (χ3v) is 3.13. The van der Waals surface area contributed by atoms with Gasteiger partial charge in [0.15, 0.2) is 0 Å². The van der Waals surface area contributed by atoms with Crippen LogP contribution in [0.5, 0.6) is 0 Å². The Morgan fingerprint density at radius 2 is 2.00 bits per heavy atom. The zero-order chi connectivity index (χ0) is 10.4. The molecule has 2 heteroatoms. The normalized spacial score (nSPS) is 25.5. The van der Waals surface area contributed by atoms with Gasteiger partial charge in [0.05, 0.1) is 0 Å². The molecule has 0 radical (unpaired) electrons. The molecule has 1 saturated carbocycles. The van der Waals surface area contributed by atoms with E-state index >= 15 is 0 Å². The second-order valence-corrected chi connectivity index (χ2v) is 5.31. The molecule has 2 nitrogen and oxygen atoms in total. The summed E-state index contributed by atoms with van der Waals surface area (Å²) in [5.41, 5.74) is 0.578. The molecular weight excluding hydrogens is 172 g/mol. The first-order chi connectivity index (χ1) is 6.64. The average Bonchev–Trinajstić information content (AvgIpc) is 2.45. The van der Waals surface area contributed by atoms with Gasteiger partial charge in [-0.25, -0.2) is 0 Å². The van der Waals surface area contributed by atoms with Gasteiger partial charge in [0.2, 0.25) is 0 Å². The van der Waals surface area contributed by atoms with Gasteiger partial charge in [-0.15, -0.1) is 0 Å². The molecule has 1 aliphatic carbocycles. The summed E-state index contributed by atoms with van der Waals surface area (Å²) in [6.45, 7) is 10.4. The minimum absolute atomic E-state index is 0.578. The molecule has 1 unspecified atom stereocenters. The largest absolute Gasteiger partial charge is 0.315 e. The van der Waals surface area contributed by atoms with Crippen molar-refractivity contribution in [2.75, 3.05) is 19.6 Å². The van der Waals surface area contributed by atoms with Crippen molar-refractivity contribution < 1.29 is 0 Å². The summed E-state index contributed by atoms with van der Waals surface area (Å²) < 4.78 is 0. The highest BCUT2D eigenvalue weighted by Crippen LogP contribution is 2.36. The molecule has 1 aliphatic rings. The van der Waals surface area contributed by atoms with E-state index in [1.165, 1.54) is 25.7 Å². The summed E-state index contributed by atoms with van der Waals surface area (Å²) in [4.78, 5) is 0. The SMILES string of the molecule is CCCNCCNC1CCC(C)(C)C1. The van der Waals surface area contributed by atoms with Crippen LogP contribution in [0, 0.1) is 5.41 Å². The maximum absolute atomic E-state index is 3.63. The van der Waals surface area contributed by atoms with Crippen molar-refractivity contribution in [3.8, 4) is 0 Å². The molecule has 0 heterocycles. The van der Waals surface area contributed by atoms with E-state index in [0.717, 1.165) is 25.7 Å². The molecule has 0 amide bonds. The number of rotatable bonds is 6. The Hall–Kier alpha value is -0.0800. The Labute approximate surface area is 88.8 Å². The Morgan fingerprint density at radius 1 is 1.21 bits per heavy atom. The van der Waals surface area contributed by atoms with Crippen molar-refractivity contribution in [3.05, 3.63) is 0 Å². The van der Waals surface area contributed by atoms with Gasteiger partial charge in [-0.05, 0) is 37.6 Å². The Morgan fingerprint density at radius 3 is 2.57 bits per heavy atom. The predicted octanol–water partition coefficient (Wildman–Crippen LogP) is 2.15. The van der Waals surface area contributed by atoms with E-state index in [1.54, 1.807) is 0 Å². The average molecular weight is 198 g/mol. The van der Waals surface area contributed by atoms with Crippen LogP contribution in [0.2, 0.25) is 0 Å². The Bertz CT molecular complexity index is 154. The molecule has 0 aromatic heterocycles. The van der Waals surface area contributed by atoms with Crippen LogP contribution in [-0.4, -0.2) is 25.7 Å². The van der Waals surface area contributed by atoms with Gasteiger partial charge < -0.3 is 10.6 Å². The molecule has 14 heavy (non-hydrogen) atoms. The predicted molar refractivity (Wildman–Crippen MR) is 62.6 cm³/mol. The van der Waals surface area contributed by atoms with E-state index in [4.69, 9.17) is 0 Å². The van der Waals surface area contributed by atoms with E-state index < -0.39 is 0 Å². The first-order valence-electron chi connectivity index (χ1n) is 6.08. The number of hydrogen-bond donors (Lipinski definition) is 2. The minimum atomic E-state index is 0.578. The topological polar surface area (TPSA) is 24.1 Å². The monoisotopic (exact) mass is 198 g/mol. The van der Waals surface area contributed by atoms with Gasteiger partial charge in [0.25, 0.3) is 0 Å². The molecule has 0 aromatic rings. The van der Waals surface area contributed by atoms with E-state index in [-0.39, 0.29) is 0 Å². The molecule has 2 N–H and O–H groups in total. The van der Waals surface area contributed by atoms with Crippen LogP contribution in [0.1, 0.15) is 46.5 Å². The molecule has 0 bridgehead atoms. The zero-order valence-electron chi connectivity index (χ0n) is 10.0. The summed E-state index contributed by atoms with van der Waals surface area (Å²) >= 11 is 0. The fraction of sp³-hybridized carbons (Fsp3) is 1.00. The van der Waals surface area contributed by atoms with E-state index in [0.29, 0.717) is 5.41 Å². The van der Waals surface area contributed by atoms with E-state index in [9.17, 15) is 0 Å². The highest BCUT2D eigenvalue weighted by molar-refractivity contribution is 4.86.